The van der Waals surface area contributed by atoms with Crippen LogP contribution in [0.5, 0.6) is 0 Å². The molecule has 1 saturated carbocycles. The molecule has 4 nitrogen and oxygen atoms in total. The molecular weight excluding hydrogens is 338 g/mol. The molecule has 2 aromatic rings. The number of nitrogens with one attached hydrogen (secondary N) is 1. The monoisotopic (exact) mass is 361 g/mol. The summed E-state index contributed by atoms with van der Waals surface area (Å²) in [7, 11) is 0. The Hall–Kier alpha value is -2.62. The number of rotatable bonds is 4. The number of hydrogen-bond acceptors (Lipinski definition) is 2. The predicted octanol–water partition coefficient (Wildman–Crippen LogP) is 3.51. The van der Waals surface area contributed by atoms with Gasteiger partial charge in [0, 0.05) is 18.4 Å². The second-order valence-corrected chi connectivity index (χ2v) is 8.16. The van der Waals surface area contributed by atoms with E-state index in [1.807, 2.05) is 0 Å². The van der Waals surface area contributed by atoms with Crippen LogP contribution in [-0.4, -0.2) is 23.5 Å². The van der Waals surface area contributed by atoms with Gasteiger partial charge in [0.25, 0.3) is 0 Å². The van der Waals surface area contributed by atoms with Gasteiger partial charge in [0.05, 0.1) is 11.8 Å². The molecule has 0 aromatic heterocycles. The number of fused-ring (bicyclic) bond motifs is 1. The van der Waals surface area contributed by atoms with E-state index in [9.17, 15) is 14.7 Å². The molecule has 0 radical (unpaired) electrons. The zero-order chi connectivity index (χ0) is 18.5. The zero-order valence-corrected chi connectivity index (χ0v) is 15.1. The van der Waals surface area contributed by atoms with Gasteiger partial charge in [-0.1, -0.05) is 48.5 Å². The summed E-state index contributed by atoms with van der Waals surface area (Å²) in [5, 5.41) is 12.3. The molecule has 0 aliphatic heterocycles. The van der Waals surface area contributed by atoms with Crippen LogP contribution in [-0.2, 0) is 9.59 Å². The highest BCUT2D eigenvalue weighted by atomic mass is 16.4. The third-order valence-corrected chi connectivity index (χ3v) is 6.89. The highest BCUT2D eigenvalue weighted by Gasteiger charge is 2.44. The lowest BCUT2D eigenvalue weighted by Gasteiger charge is -2.46. The second-order valence-electron chi connectivity index (χ2n) is 8.16. The van der Waals surface area contributed by atoms with E-state index in [0.29, 0.717) is 37.1 Å². The minimum atomic E-state index is -0.846. The molecule has 2 aromatic carbocycles. The van der Waals surface area contributed by atoms with Crippen molar-refractivity contribution in [1.29, 1.82) is 0 Å². The Morgan fingerprint density at radius 1 is 0.889 bits per heavy atom. The van der Waals surface area contributed by atoms with Gasteiger partial charge in [0.15, 0.2) is 0 Å². The molecule has 1 amide bonds. The van der Waals surface area contributed by atoms with Crippen LogP contribution in [0.15, 0.2) is 48.5 Å². The summed E-state index contributed by atoms with van der Waals surface area (Å²) in [6, 6.07) is 17.4. The van der Waals surface area contributed by atoms with E-state index < -0.39 is 11.9 Å². The minimum absolute atomic E-state index is 0.0864. The largest absolute Gasteiger partial charge is 0.481 e. The summed E-state index contributed by atoms with van der Waals surface area (Å²) in [6.45, 7) is 0.617. The van der Waals surface area contributed by atoms with Crippen LogP contribution >= 0.6 is 0 Å². The van der Waals surface area contributed by atoms with Crippen molar-refractivity contribution in [3.63, 3.8) is 0 Å². The van der Waals surface area contributed by atoms with Crippen LogP contribution in [0, 0.1) is 17.8 Å². The molecule has 6 rings (SSSR count). The number of carboxylic acid groups (broad SMARTS) is 1. The molecule has 3 atom stereocenters. The standard InChI is InChI=1S/C23H23NO3/c25-22(18-9-10-19(18)23(26)27)24-12-13-11-20-14-5-1-3-7-16(14)21(13)17-8-4-2-6-15(17)20/h1-8,13,18-21H,9-12H2,(H,24,25)(H,26,27). The molecule has 4 aliphatic rings. The maximum atomic E-state index is 12.5. The lowest BCUT2D eigenvalue weighted by atomic mass is 9.59. The smallest absolute Gasteiger partial charge is 0.307 e. The molecule has 0 saturated heterocycles. The molecule has 3 unspecified atom stereocenters. The zero-order valence-electron chi connectivity index (χ0n) is 15.1. The Labute approximate surface area is 158 Å². The molecule has 2 bridgehead atoms. The SMILES string of the molecule is O=C(O)C1CCC1C(=O)NCC1CC2c3ccccc3C1c1ccccc12. The summed E-state index contributed by atoms with van der Waals surface area (Å²) in [4.78, 5) is 23.7. The van der Waals surface area contributed by atoms with Crippen molar-refractivity contribution < 1.29 is 14.7 Å². The summed E-state index contributed by atoms with van der Waals surface area (Å²) in [5.74, 6) is -0.749. The van der Waals surface area contributed by atoms with Crippen LogP contribution in [0.1, 0.15) is 53.4 Å². The molecule has 4 heteroatoms. The van der Waals surface area contributed by atoms with Crippen molar-refractivity contribution >= 4 is 11.9 Å². The number of benzene rings is 2. The molecule has 138 valence electrons. The normalized spacial score (nSPS) is 30.0. The van der Waals surface area contributed by atoms with Crippen LogP contribution in [0.4, 0.5) is 0 Å². The molecular formula is C23H23NO3. The van der Waals surface area contributed by atoms with E-state index in [2.05, 4.69) is 53.8 Å². The van der Waals surface area contributed by atoms with Gasteiger partial charge in [-0.3, -0.25) is 9.59 Å². The first-order valence-electron chi connectivity index (χ1n) is 9.83. The van der Waals surface area contributed by atoms with E-state index in [0.717, 1.165) is 6.42 Å². The average molecular weight is 361 g/mol. The van der Waals surface area contributed by atoms with Gasteiger partial charge in [-0.15, -0.1) is 0 Å². The lowest BCUT2D eigenvalue weighted by Crippen LogP contribution is -2.46. The Balaban J connectivity index is 1.38. The fourth-order valence-corrected chi connectivity index (χ4v) is 5.43. The van der Waals surface area contributed by atoms with E-state index >= 15 is 0 Å². The number of aliphatic carboxylic acids is 1. The Morgan fingerprint density at radius 2 is 1.44 bits per heavy atom. The van der Waals surface area contributed by atoms with Crippen LogP contribution in [0.25, 0.3) is 0 Å². The van der Waals surface area contributed by atoms with Gasteiger partial charge < -0.3 is 10.4 Å². The number of hydrogen-bond donors (Lipinski definition) is 2. The van der Waals surface area contributed by atoms with Crippen molar-refractivity contribution in [2.75, 3.05) is 6.54 Å². The molecule has 0 heterocycles. The van der Waals surface area contributed by atoms with Crippen LogP contribution in [0.3, 0.4) is 0 Å². The third-order valence-electron chi connectivity index (χ3n) is 6.89. The predicted molar refractivity (Wildman–Crippen MR) is 102 cm³/mol. The summed E-state index contributed by atoms with van der Waals surface area (Å²) in [5.41, 5.74) is 5.62. The summed E-state index contributed by atoms with van der Waals surface area (Å²) >= 11 is 0. The average Bonchev–Trinajstić information content (AvgIpc) is 2.65. The van der Waals surface area contributed by atoms with E-state index in [1.165, 1.54) is 22.3 Å². The van der Waals surface area contributed by atoms with Gasteiger partial charge in [-0.05, 0) is 47.4 Å². The van der Waals surface area contributed by atoms with Crippen molar-refractivity contribution in [3.05, 3.63) is 70.8 Å². The van der Waals surface area contributed by atoms with Gasteiger partial charge in [0.1, 0.15) is 0 Å². The van der Waals surface area contributed by atoms with Crippen LogP contribution < -0.4 is 5.32 Å². The van der Waals surface area contributed by atoms with E-state index in [4.69, 9.17) is 0 Å². The first-order valence-corrected chi connectivity index (χ1v) is 9.83. The van der Waals surface area contributed by atoms with Crippen molar-refractivity contribution in [2.45, 2.75) is 31.1 Å². The lowest BCUT2D eigenvalue weighted by molar-refractivity contribution is -0.152. The van der Waals surface area contributed by atoms with Gasteiger partial charge >= 0.3 is 5.97 Å². The topological polar surface area (TPSA) is 66.4 Å². The number of carbonyl (C=O) groups excluding carboxylic acids is 1. The van der Waals surface area contributed by atoms with E-state index in [-0.39, 0.29) is 11.8 Å². The molecule has 0 spiro atoms. The summed E-state index contributed by atoms with van der Waals surface area (Å²) < 4.78 is 0. The third kappa shape index (κ3) is 2.50. The highest BCUT2D eigenvalue weighted by Crippen LogP contribution is 2.55. The highest BCUT2D eigenvalue weighted by molar-refractivity contribution is 5.86. The maximum Gasteiger partial charge on any atom is 0.307 e. The Morgan fingerprint density at radius 3 is 1.96 bits per heavy atom. The molecule has 27 heavy (non-hydrogen) atoms. The molecule has 2 N–H and O–H groups in total. The first kappa shape index (κ1) is 16.5. The molecule has 4 aliphatic carbocycles. The van der Waals surface area contributed by atoms with Gasteiger partial charge in [-0.2, -0.15) is 0 Å². The second kappa shape index (κ2) is 6.22. The number of amides is 1. The van der Waals surface area contributed by atoms with E-state index in [1.54, 1.807) is 0 Å². The Bertz CT molecular complexity index is 874. The van der Waals surface area contributed by atoms with Gasteiger partial charge in [0.2, 0.25) is 5.91 Å². The number of carbonyl (C=O) groups is 2. The minimum Gasteiger partial charge on any atom is -0.481 e. The van der Waals surface area contributed by atoms with Crippen LogP contribution in [0.2, 0.25) is 0 Å². The maximum absolute atomic E-state index is 12.5. The van der Waals surface area contributed by atoms with Gasteiger partial charge in [-0.25, -0.2) is 0 Å². The Kier molecular flexibility index (Phi) is 3.81. The quantitative estimate of drug-likeness (QED) is 0.876. The fraction of sp³-hybridized carbons (Fsp3) is 0.391. The first-order chi connectivity index (χ1) is 13.1. The van der Waals surface area contributed by atoms with Crippen molar-refractivity contribution in [1.82, 2.24) is 5.32 Å². The fourth-order valence-electron chi connectivity index (χ4n) is 5.43. The number of carboxylic acids is 1. The summed E-state index contributed by atoms with van der Waals surface area (Å²) in [6.07, 6.45) is 2.33. The van der Waals surface area contributed by atoms with Crippen molar-refractivity contribution in [3.8, 4) is 0 Å². The molecule has 1 fully saturated rings. The van der Waals surface area contributed by atoms with Crippen molar-refractivity contribution in [2.24, 2.45) is 17.8 Å².